The zero-order valence-corrected chi connectivity index (χ0v) is 25.4. The molecule has 1 saturated heterocycles. The van der Waals surface area contributed by atoms with E-state index in [4.69, 9.17) is 18.0 Å². The fraction of sp³-hybridized carbons (Fsp3) is 0.913. The molecule has 2 rings (SSSR count). The van der Waals surface area contributed by atoms with Crippen molar-refractivity contribution in [1.29, 1.82) is 0 Å². The summed E-state index contributed by atoms with van der Waals surface area (Å²) in [4.78, 5) is 0. The molecule has 0 radical (unpaired) electrons. The maximum Gasteiger partial charge on any atom is 0.349 e. The Morgan fingerprint density at radius 1 is 0.967 bits per heavy atom. The normalized spacial score (nSPS) is 27.9. The molecule has 0 amide bonds. The van der Waals surface area contributed by atoms with Gasteiger partial charge in [0, 0.05) is 10.1 Å². The molecule has 4 nitrogen and oxygen atoms in total. The van der Waals surface area contributed by atoms with Gasteiger partial charge in [-0.05, 0) is 45.3 Å². The molecule has 2 aliphatic rings. The second kappa shape index (κ2) is 9.08. The summed E-state index contributed by atoms with van der Waals surface area (Å²) in [5, 5.41) is -0.116. The Kier molecular flexibility index (Phi) is 8.12. The van der Waals surface area contributed by atoms with Crippen molar-refractivity contribution in [1.82, 2.24) is 0 Å². The van der Waals surface area contributed by atoms with Crippen LogP contribution in [0.3, 0.4) is 0 Å². The zero-order valence-electron chi connectivity index (χ0n) is 21.3. The van der Waals surface area contributed by atoms with E-state index < -0.39 is 16.9 Å². The van der Waals surface area contributed by atoms with Crippen molar-refractivity contribution < 1.29 is 18.0 Å². The zero-order chi connectivity index (χ0) is 23.3. The van der Waals surface area contributed by atoms with Gasteiger partial charge in [-0.15, -0.1) is 0 Å². The molecule has 0 saturated carbocycles. The number of halogens is 1. The lowest BCUT2D eigenvalue weighted by Crippen LogP contribution is -2.68. The maximum atomic E-state index is 7.24. The van der Waals surface area contributed by atoms with E-state index in [0.717, 1.165) is 3.77 Å². The molecule has 1 fully saturated rings. The minimum absolute atomic E-state index is 0.0578. The van der Waals surface area contributed by atoms with Gasteiger partial charge in [0.2, 0.25) is 8.32 Å². The van der Waals surface area contributed by atoms with Gasteiger partial charge in [0.25, 0.3) is 0 Å². The Hall–Kier alpha value is 0.584. The summed E-state index contributed by atoms with van der Waals surface area (Å²) >= 11 is 2.28. The van der Waals surface area contributed by atoms with Gasteiger partial charge < -0.3 is 18.0 Å². The topological polar surface area (TPSA) is 36.9 Å². The summed E-state index contributed by atoms with van der Waals surface area (Å²) in [7, 11) is -4.66. The lowest BCUT2D eigenvalue weighted by Gasteiger charge is -2.57. The monoisotopic (exact) mass is 568 g/mol. The molecule has 0 aromatic carbocycles. The first-order valence-corrected chi connectivity index (χ1v) is 16.6. The van der Waals surface area contributed by atoms with Crippen LogP contribution in [0, 0.1) is 0 Å². The van der Waals surface area contributed by atoms with Gasteiger partial charge in [0.05, 0.1) is 12.7 Å². The highest BCUT2D eigenvalue weighted by molar-refractivity contribution is 14.1. The molecule has 176 valence electrons. The first-order valence-electron chi connectivity index (χ1n) is 11.5. The highest BCUT2D eigenvalue weighted by Crippen LogP contribution is 2.55. The van der Waals surface area contributed by atoms with Gasteiger partial charge in [-0.1, -0.05) is 83.1 Å². The molecule has 2 heterocycles. The molecule has 0 aromatic heterocycles. The molecule has 30 heavy (non-hydrogen) atoms. The minimum atomic E-state index is -2.59. The number of fused-ring (bicyclic) bond motifs is 1. The standard InChI is InChI=1S/C23H45IO4Si2/c1-15(2)29(16(3)4,17(5)6)27-18-13-20(24)26-19-14-25-30(22(7,8)9,23(10,11)12)28-21(18)19/h13,15-19,21H,14H2,1-12H3/t18-,19-,21+/m1/s1. The van der Waals surface area contributed by atoms with Crippen LogP contribution in [0.25, 0.3) is 0 Å². The van der Waals surface area contributed by atoms with E-state index in [1.807, 2.05) is 0 Å². The van der Waals surface area contributed by atoms with Gasteiger partial charge in [0.15, 0.2) is 3.77 Å². The Balaban J connectivity index is 2.51. The SMILES string of the molecule is CC(C)[Si](O[C@@H]1C=C(I)O[C@@H]2CO[Si](C(C)(C)C)(C(C)(C)C)O[C@@H]12)(C(C)C)C(C)C. The van der Waals surface area contributed by atoms with Gasteiger partial charge in [-0.3, -0.25) is 0 Å². The van der Waals surface area contributed by atoms with Gasteiger partial charge in [-0.2, -0.15) is 0 Å². The third-order valence-corrected chi connectivity index (χ3v) is 18.9. The van der Waals surface area contributed by atoms with E-state index in [9.17, 15) is 0 Å². The van der Waals surface area contributed by atoms with Crippen molar-refractivity contribution in [3.05, 3.63) is 9.84 Å². The van der Waals surface area contributed by atoms with Crippen molar-refractivity contribution >= 4 is 39.5 Å². The smallest absolute Gasteiger partial charge is 0.349 e. The predicted molar refractivity (Wildman–Crippen MR) is 139 cm³/mol. The van der Waals surface area contributed by atoms with Crippen molar-refractivity contribution in [2.45, 2.75) is 128 Å². The van der Waals surface area contributed by atoms with Gasteiger partial charge in [-0.25, -0.2) is 0 Å². The van der Waals surface area contributed by atoms with E-state index in [-0.39, 0.29) is 28.4 Å². The van der Waals surface area contributed by atoms with E-state index in [1.165, 1.54) is 0 Å². The van der Waals surface area contributed by atoms with Crippen molar-refractivity contribution in [2.75, 3.05) is 6.61 Å². The summed E-state index contributed by atoms with van der Waals surface area (Å²) in [5.74, 6) is 0. The Morgan fingerprint density at radius 2 is 1.43 bits per heavy atom. The van der Waals surface area contributed by atoms with E-state index in [2.05, 4.69) is 112 Å². The molecule has 7 heteroatoms. The van der Waals surface area contributed by atoms with Crippen LogP contribution in [0.5, 0.6) is 0 Å². The number of ether oxygens (including phenoxy) is 1. The molecular formula is C23H45IO4Si2. The fourth-order valence-electron chi connectivity index (χ4n) is 6.04. The lowest BCUT2D eigenvalue weighted by atomic mass is 10.1. The largest absolute Gasteiger partial charge is 0.480 e. The Morgan fingerprint density at radius 3 is 1.83 bits per heavy atom. The summed E-state index contributed by atoms with van der Waals surface area (Å²) < 4.78 is 28.1. The van der Waals surface area contributed by atoms with Crippen LogP contribution in [0.4, 0.5) is 0 Å². The predicted octanol–water partition coefficient (Wildman–Crippen LogP) is 7.68. The first-order chi connectivity index (χ1) is 13.5. The second-order valence-corrected chi connectivity index (χ2v) is 23.3. The van der Waals surface area contributed by atoms with Gasteiger partial charge in [0.1, 0.15) is 12.2 Å². The third kappa shape index (κ3) is 4.62. The fourth-order valence-corrected chi connectivity index (χ4v) is 17.2. The Labute approximate surface area is 201 Å². The highest BCUT2D eigenvalue weighted by Gasteiger charge is 2.64. The molecule has 0 N–H and O–H groups in total. The average Bonchev–Trinajstić information content (AvgIpc) is 2.55. The second-order valence-electron chi connectivity index (χ2n) is 12.0. The Bertz CT molecular complexity index is 598. The summed E-state index contributed by atoms with van der Waals surface area (Å²) in [5.41, 5.74) is 1.57. The van der Waals surface area contributed by atoms with Gasteiger partial charge >= 0.3 is 8.56 Å². The molecule has 0 aliphatic carbocycles. The van der Waals surface area contributed by atoms with Crippen LogP contribution in [-0.2, 0) is 18.0 Å². The molecule has 0 bridgehead atoms. The lowest BCUT2D eigenvalue weighted by molar-refractivity contribution is -0.121. The van der Waals surface area contributed by atoms with Crippen LogP contribution in [-0.4, -0.2) is 41.8 Å². The molecule has 3 atom stereocenters. The number of hydrogen-bond acceptors (Lipinski definition) is 4. The van der Waals surface area contributed by atoms with Crippen LogP contribution < -0.4 is 0 Å². The third-order valence-electron chi connectivity index (χ3n) is 7.02. The van der Waals surface area contributed by atoms with Crippen molar-refractivity contribution in [3.63, 3.8) is 0 Å². The first kappa shape index (κ1) is 26.8. The van der Waals surface area contributed by atoms with Crippen molar-refractivity contribution in [2.24, 2.45) is 0 Å². The van der Waals surface area contributed by atoms with Crippen molar-refractivity contribution in [3.8, 4) is 0 Å². The average molecular weight is 569 g/mol. The summed E-state index contributed by atoms with van der Waals surface area (Å²) in [6.45, 7) is 28.2. The van der Waals surface area contributed by atoms with E-state index >= 15 is 0 Å². The maximum absolute atomic E-state index is 7.24. The van der Waals surface area contributed by atoms with E-state index in [1.54, 1.807) is 0 Å². The summed E-state index contributed by atoms with van der Waals surface area (Å²) in [6, 6.07) is 0. The quantitative estimate of drug-likeness (QED) is 0.252. The van der Waals surface area contributed by atoms with Crippen LogP contribution in [0.1, 0.15) is 83.1 Å². The van der Waals surface area contributed by atoms with E-state index in [0.29, 0.717) is 23.2 Å². The molecule has 2 aliphatic heterocycles. The molecule has 0 aromatic rings. The van der Waals surface area contributed by atoms with Crippen LogP contribution in [0.15, 0.2) is 9.84 Å². The number of rotatable bonds is 5. The molecule has 0 spiro atoms. The summed E-state index contributed by atoms with van der Waals surface area (Å²) in [6.07, 6.45) is 1.84. The highest BCUT2D eigenvalue weighted by atomic mass is 127. The minimum Gasteiger partial charge on any atom is -0.480 e. The van der Waals surface area contributed by atoms with Crippen LogP contribution in [0.2, 0.25) is 26.7 Å². The molecule has 0 unspecified atom stereocenters. The number of hydrogen-bond donors (Lipinski definition) is 0. The van der Waals surface area contributed by atoms with Crippen LogP contribution >= 0.6 is 22.6 Å². The molecular weight excluding hydrogens is 523 g/mol.